The third-order valence-corrected chi connectivity index (χ3v) is 3.45. The van der Waals surface area contributed by atoms with Crippen LogP contribution in [0.2, 0.25) is 0 Å². The van der Waals surface area contributed by atoms with E-state index in [0.29, 0.717) is 13.2 Å². The quantitative estimate of drug-likeness (QED) is 0.379. The van der Waals surface area contributed by atoms with E-state index >= 15 is 0 Å². The molecule has 6 heteroatoms. The molecule has 5 nitrogen and oxygen atoms in total. The number of hydrogen-bond acceptors (Lipinski definition) is 5. The molecule has 2 aromatic rings. The predicted molar refractivity (Wildman–Crippen MR) is 83.4 cm³/mol. The molecule has 0 unspecified atom stereocenters. The first-order valence-corrected chi connectivity index (χ1v) is 8.10. The summed E-state index contributed by atoms with van der Waals surface area (Å²) in [5, 5.41) is 0. The molecule has 0 radical (unpaired) electrons. The van der Waals surface area contributed by atoms with E-state index < -0.39 is 8.25 Å². The van der Waals surface area contributed by atoms with Crippen molar-refractivity contribution in [3.8, 4) is 0 Å². The molecule has 0 bridgehead atoms. The van der Waals surface area contributed by atoms with Gasteiger partial charge >= 0.3 is 8.25 Å². The average molecular weight is 322 g/mol. The molecule has 0 atom stereocenters. The summed E-state index contributed by atoms with van der Waals surface area (Å²) in [5.41, 5.74) is 2.05. The maximum Gasteiger partial charge on any atom is 0.323 e. The van der Waals surface area contributed by atoms with Crippen LogP contribution in [0.3, 0.4) is 0 Å². The first-order valence-electron chi connectivity index (χ1n) is 6.87. The van der Waals surface area contributed by atoms with Gasteiger partial charge in [-0.2, -0.15) is 0 Å². The molecule has 118 valence electrons. The summed E-state index contributed by atoms with van der Waals surface area (Å²) in [6.07, 6.45) is 0. The SMILES string of the molecule is O=[PH](OCOCc1ccccc1)OCOCc1ccccc1. The maximum atomic E-state index is 11.4. The van der Waals surface area contributed by atoms with Crippen LogP contribution in [0, 0.1) is 0 Å². The number of benzene rings is 2. The van der Waals surface area contributed by atoms with Gasteiger partial charge in [-0.15, -0.1) is 0 Å². The highest BCUT2D eigenvalue weighted by Crippen LogP contribution is 2.23. The fourth-order valence-corrected chi connectivity index (χ4v) is 2.13. The van der Waals surface area contributed by atoms with E-state index in [1.54, 1.807) is 0 Å². The summed E-state index contributed by atoms with van der Waals surface area (Å²) in [4.78, 5) is 0. The summed E-state index contributed by atoms with van der Waals surface area (Å²) >= 11 is 0. The predicted octanol–water partition coefficient (Wildman–Crippen LogP) is 3.76. The van der Waals surface area contributed by atoms with E-state index in [1.807, 2.05) is 60.7 Å². The normalized spacial score (nSPS) is 11.0. The third-order valence-electron chi connectivity index (χ3n) is 2.74. The summed E-state index contributed by atoms with van der Waals surface area (Å²) in [6, 6.07) is 19.3. The molecule has 0 amide bonds. The van der Waals surface area contributed by atoms with E-state index in [-0.39, 0.29) is 13.6 Å². The van der Waals surface area contributed by atoms with E-state index in [0.717, 1.165) is 11.1 Å². The summed E-state index contributed by atoms with van der Waals surface area (Å²) in [7, 11) is -2.60. The van der Waals surface area contributed by atoms with Gasteiger partial charge in [-0.1, -0.05) is 60.7 Å². The van der Waals surface area contributed by atoms with Gasteiger partial charge < -0.3 is 9.47 Å². The minimum atomic E-state index is -2.60. The molecular weight excluding hydrogens is 303 g/mol. The minimum absolute atomic E-state index is 0.0780. The second-order valence-electron chi connectivity index (χ2n) is 4.44. The van der Waals surface area contributed by atoms with Crippen LogP contribution in [0.15, 0.2) is 60.7 Å². The van der Waals surface area contributed by atoms with Gasteiger partial charge in [0.1, 0.15) is 0 Å². The molecule has 0 fully saturated rings. The van der Waals surface area contributed by atoms with Crippen molar-refractivity contribution in [3.63, 3.8) is 0 Å². The standard InChI is InChI=1S/C16H19O5P/c17-22(20-13-18-11-15-7-3-1-4-8-15)21-14-19-12-16-9-5-2-6-10-16/h1-10,22H,11-14H2. The lowest BCUT2D eigenvalue weighted by Gasteiger charge is -2.07. The highest BCUT2D eigenvalue weighted by atomic mass is 31.1. The molecule has 0 spiro atoms. The van der Waals surface area contributed by atoms with E-state index in [9.17, 15) is 4.57 Å². The van der Waals surface area contributed by atoms with Gasteiger partial charge in [-0.25, -0.2) is 0 Å². The largest absolute Gasteiger partial charge is 0.350 e. The van der Waals surface area contributed by atoms with Gasteiger partial charge in [-0.3, -0.25) is 13.6 Å². The van der Waals surface area contributed by atoms with Crippen LogP contribution in [-0.2, 0) is 36.3 Å². The molecule has 2 rings (SSSR count). The van der Waals surface area contributed by atoms with Gasteiger partial charge in [0.2, 0.25) is 0 Å². The van der Waals surface area contributed by atoms with Crippen molar-refractivity contribution in [2.45, 2.75) is 13.2 Å². The Morgan fingerprint density at radius 2 is 1.09 bits per heavy atom. The Bertz CT molecular complexity index is 497. The first kappa shape index (κ1) is 16.9. The lowest BCUT2D eigenvalue weighted by atomic mass is 10.2. The van der Waals surface area contributed by atoms with Gasteiger partial charge in [0.25, 0.3) is 0 Å². The van der Waals surface area contributed by atoms with Crippen LogP contribution in [0.5, 0.6) is 0 Å². The third kappa shape index (κ3) is 6.98. The van der Waals surface area contributed by atoms with Crippen molar-refractivity contribution in [1.29, 1.82) is 0 Å². The second-order valence-corrected chi connectivity index (χ2v) is 5.52. The Morgan fingerprint density at radius 1 is 0.682 bits per heavy atom. The Kier molecular flexibility index (Phi) is 7.88. The molecule has 0 saturated carbocycles. The van der Waals surface area contributed by atoms with Crippen LogP contribution in [-0.4, -0.2) is 13.6 Å². The van der Waals surface area contributed by atoms with E-state index in [2.05, 4.69) is 0 Å². The molecule has 0 N–H and O–H groups in total. The topological polar surface area (TPSA) is 54.0 Å². The van der Waals surface area contributed by atoms with Gasteiger partial charge in [-0.05, 0) is 11.1 Å². The van der Waals surface area contributed by atoms with Crippen molar-refractivity contribution < 1.29 is 23.1 Å². The minimum Gasteiger partial charge on any atom is -0.350 e. The first-order chi connectivity index (χ1) is 10.8. The molecule has 0 aliphatic rings. The van der Waals surface area contributed by atoms with Crippen LogP contribution in [0.4, 0.5) is 0 Å². The Balaban J connectivity index is 1.49. The fourth-order valence-electron chi connectivity index (χ4n) is 1.69. The molecule has 0 aromatic heterocycles. The monoisotopic (exact) mass is 322 g/mol. The number of rotatable bonds is 10. The zero-order valence-electron chi connectivity index (χ0n) is 12.1. The smallest absolute Gasteiger partial charge is 0.323 e. The van der Waals surface area contributed by atoms with Gasteiger partial charge in [0.05, 0.1) is 13.2 Å². The molecule has 22 heavy (non-hydrogen) atoms. The Hall–Kier alpha value is -1.49. The highest BCUT2D eigenvalue weighted by molar-refractivity contribution is 7.33. The molecular formula is C16H19O5P. The maximum absolute atomic E-state index is 11.4. The summed E-state index contributed by atoms with van der Waals surface area (Å²) < 4.78 is 31.8. The molecule has 0 aliphatic heterocycles. The van der Waals surface area contributed by atoms with Crippen molar-refractivity contribution >= 4 is 8.25 Å². The van der Waals surface area contributed by atoms with Crippen molar-refractivity contribution in [2.75, 3.05) is 13.6 Å². The van der Waals surface area contributed by atoms with Crippen LogP contribution < -0.4 is 0 Å². The summed E-state index contributed by atoms with van der Waals surface area (Å²) in [6.45, 7) is 0.651. The van der Waals surface area contributed by atoms with Crippen molar-refractivity contribution in [2.24, 2.45) is 0 Å². The number of ether oxygens (including phenoxy) is 2. The summed E-state index contributed by atoms with van der Waals surface area (Å²) in [5.74, 6) is 0. The van der Waals surface area contributed by atoms with Crippen LogP contribution in [0.1, 0.15) is 11.1 Å². The van der Waals surface area contributed by atoms with Crippen molar-refractivity contribution in [3.05, 3.63) is 71.8 Å². The average Bonchev–Trinajstić information content (AvgIpc) is 2.57. The van der Waals surface area contributed by atoms with E-state index in [1.165, 1.54) is 0 Å². The molecule has 2 aromatic carbocycles. The molecule has 0 saturated heterocycles. The van der Waals surface area contributed by atoms with Crippen molar-refractivity contribution in [1.82, 2.24) is 0 Å². The fraction of sp³-hybridized carbons (Fsp3) is 0.250. The van der Waals surface area contributed by atoms with E-state index in [4.69, 9.17) is 18.5 Å². The molecule has 0 aliphatic carbocycles. The lowest BCUT2D eigenvalue weighted by molar-refractivity contribution is -0.0271. The van der Waals surface area contributed by atoms with Crippen LogP contribution >= 0.6 is 8.25 Å². The van der Waals surface area contributed by atoms with Crippen LogP contribution in [0.25, 0.3) is 0 Å². The Labute approximate surface area is 130 Å². The highest BCUT2D eigenvalue weighted by Gasteiger charge is 2.00. The Morgan fingerprint density at radius 3 is 1.50 bits per heavy atom. The van der Waals surface area contributed by atoms with Gasteiger partial charge in [0.15, 0.2) is 13.6 Å². The zero-order chi connectivity index (χ0) is 15.5. The molecule has 0 heterocycles. The van der Waals surface area contributed by atoms with Gasteiger partial charge in [0, 0.05) is 0 Å². The zero-order valence-corrected chi connectivity index (χ0v) is 13.1. The number of hydrogen-bond donors (Lipinski definition) is 0. The lowest BCUT2D eigenvalue weighted by Crippen LogP contribution is -1.99. The second kappa shape index (κ2) is 10.3.